The van der Waals surface area contributed by atoms with Gasteiger partial charge >= 0.3 is 5.97 Å². The van der Waals surface area contributed by atoms with Gasteiger partial charge in [0.25, 0.3) is 0 Å². The molecule has 0 spiro atoms. The molecule has 2 aromatic rings. The van der Waals surface area contributed by atoms with E-state index in [1.54, 1.807) is 32.2 Å². The molecule has 0 radical (unpaired) electrons. The maximum Gasteiger partial charge on any atom is 0.308 e. The summed E-state index contributed by atoms with van der Waals surface area (Å²) in [5, 5.41) is 2.87. The zero-order valence-electron chi connectivity index (χ0n) is 11.0. The highest BCUT2D eigenvalue weighted by Gasteiger charge is 2.12. The Morgan fingerprint density at radius 3 is 2.63 bits per heavy atom. The van der Waals surface area contributed by atoms with E-state index in [1.807, 2.05) is 6.07 Å². The molecule has 0 amide bonds. The number of nitrogens with one attached hydrogen (secondary N) is 1. The molecule has 6 nitrogen and oxygen atoms in total. The van der Waals surface area contributed by atoms with Crippen molar-refractivity contribution in [2.45, 2.75) is 13.8 Å². The number of esters is 1. The molecule has 0 bridgehead atoms. The van der Waals surface area contributed by atoms with Gasteiger partial charge in [-0.3, -0.25) is 4.79 Å². The summed E-state index contributed by atoms with van der Waals surface area (Å²) in [4.78, 5) is 23.8. The topological polar surface area (TPSA) is 77.0 Å². The van der Waals surface area contributed by atoms with E-state index < -0.39 is 0 Å². The first-order valence-corrected chi connectivity index (χ1v) is 5.78. The zero-order valence-corrected chi connectivity index (χ0v) is 11.0. The van der Waals surface area contributed by atoms with E-state index in [-0.39, 0.29) is 5.97 Å². The van der Waals surface area contributed by atoms with Gasteiger partial charge in [-0.2, -0.15) is 9.97 Å². The van der Waals surface area contributed by atoms with Crippen molar-refractivity contribution in [3.63, 3.8) is 0 Å². The average molecular weight is 258 g/mol. The summed E-state index contributed by atoms with van der Waals surface area (Å²) in [7, 11) is 1.73. The van der Waals surface area contributed by atoms with Crippen LogP contribution in [0.25, 0.3) is 11.4 Å². The minimum absolute atomic E-state index is 0.382. The molecule has 0 unspecified atom stereocenters. The Labute approximate surface area is 110 Å². The fourth-order valence-corrected chi connectivity index (χ4v) is 1.61. The van der Waals surface area contributed by atoms with Crippen molar-refractivity contribution in [1.82, 2.24) is 15.0 Å². The van der Waals surface area contributed by atoms with Gasteiger partial charge in [0.05, 0.1) is 5.56 Å². The lowest BCUT2D eigenvalue weighted by Gasteiger charge is -2.09. The molecule has 2 rings (SSSR count). The van der Waals surface area contributed by atoms with Gasteiger partial charge in [0.2, 0.25) is 5.95 Å². The number of carbonyl (C=O) groups is 1. The highest BCUT2D eigenvalue weighted by molar-refractivity contribution is 5.74. The quantitative estimate of drug-likeness (QED) is 0.668. The van der Waals surface area contributed by atoms with Crippen molar-refractivity contribution in [3.05, 3.63) is 30.1 Å². The van der Waals surface area contributed by atoms with Crippen LogP contribution in [0.2, 0.25) is 0 Å². The molecule has 1 aromatic carbocycles. The predicted molar refractivity (Wildman–Crippen MR) is 70.9 cm³/mol. The van der Waals surface area contributed by atoms with Crippen LogP contribution in [0, 0.1) is 6.92 Å². The molecular formula is C13H14N4O2. The summed E-state index contributed by atoms with van der Waals surface area (Å²) >= 11 is 0. The molecule has 1 heterocycles. The standard InChI is InChI=1S/C13H14N4O2/c1-8-15-12(17-13(14-3)16-8)10-6-4-5-7-11(10)19-9(2)18/h4-7H,1-3H3,(H,14,15,16,17). The summed E-state index contributed by atoms with van der Waals surface area (Å²) in [6.07, 6.45) is 0. The fourth-order valence-electron chi connectivity index (χ4n) is 1.61. The minimum atomic E-state index is -0.382. The Bertz CT molecular complexity index is 613. The van der Waals surface area contributed by atoms with E-state index >= 15 is 0 Å². The monoisotopic (exact) mass is 258 g/mol. The fraction of sp³-hybridized carbons (Fsp3) is 0.231. The third kappa shape index (κ3) is 3.04. The number of nitrogens with zero attached hydrogens (tertiary/aromatic N) is 3. The van der Waals surface area contributed by atoms with Crippen LogP contribution < -0.4 is 10.1 Å². The number of aromatic nitrogens is 3. The van der Waals surface area contributed by atoms with E-state index in [0.29, 0.717) is 28.9 Å². The lowest BCUT2D eigenvalue weighted by atomic mass is 10.2. The Balaban J connectivity index is 2.52. The van der Waals surface area contributed by atoms with Crippen LogP contribution in [-0.2, 0) is 4.79 Å². The molecule has 0 aliphatic heterocycles. The molecule has 1 N–H and O–H groups in total. The summed E-state index contributed by atoms with van der Waals surface area (Å²) < 4.78 is 5.15. The van der Waals surface area contributed by atoms with Crippen LogP contribution in [0.3, 0.4) is 0 Å². The van der Waals surface area contributed by atoms with Gasteiger partial charge < -0.3 is 10.1 Å². The summed E-state index contributed by atoms with van der Waals surface area (Å²) in [5.41, 5.74) is 0.653. The van der Waals surface area contributed by atoms with Gasteiger partial charge in [-0.25, -0.2) is 4.98 Å². The Kier molecular flexibility index (Phi) is 3.70. The number of carbonyl (C=O) groups excluding carboxylic acids is 1. The number of anilines is 1. The molecule has 0 aliphatic rings. The maximum atomic E-state index is 11.1. The Hall–Kier alpha value is -2.50. The van der Waals surface area contributed by atoms with Crippen LogP contribution in [0.15, 0.2) is 24.3 Å². The van der Waals surface area contributed by atoms with Crippen molar-refractivity contribution >= 4 is 11.9 Å². The van der Waals surface area contributed by atoms with Crippen LogP contribution in [0.4, 0.5) is 5.95 Å². The first kappa shape index (κ1) is 12.9. The highest BCUT2D eigenvalue weighted by Crippen LogP contribution is 2.27. The maximum absolute atomic E-state index is 11.1. The normalized spacial score (nSPS) is 10.1. The van der Waals surface area contributed by atoms with E-state index in [0.717, 1.165) is 0 Å². The van der Waals surface area contributed by atoms with E-state index in [2.05, 4.69) is 20.3 Å². The highest BCUT2D eigenvalue weighted by atomic mass is 16.5. The van der Waals surface area contributed by atoms with Crippen LogP contribution in [0.1, 0.15) is 12.7 Å². The van der Waals surface area contributed by atoms with E-state index in [9.17, 15) is 4.79 Å². The van der Waals surface area contributed by atoms with Crippen LogP contribution in [-0.4, -0.2) is 28.0 Å². The second-order valence-electron chi connectivity index (χ2n) is 3.87. The number of rotatable bonds is 3. The van der Waals surface area contributed by atoms with Crippen molar-refractivity contribution in [2.24, 2.45) is 0 Å². The lowest BCUT2D eigenvalue weighted by molar-refractivity contribution is -0.131. The van der Waals surface area contributed by atoms with Gasteiger partial charge in [-0.05, 0) is 19.1 Å². The molecule has 0 saturated heterocycles. The summed E-state index contributed by atoms with van der Waals surface area (Å²) in [6.45, 7) is 3.13. The van der Waals surface area contributed by atoms with Crippen LogP contribution in [0.5, 0.6) is 5.75 Å². The summed E-state index contributed by atoms with van der Waals surface area (Å²) in [5.74, 6) is 1.58. The first-order valence-electron chi connectivity index (χ1n) is 5.78. The van der Waals surface area contributed by atoms with Gasteiger partial charge in [0.1, 0.15) is 11.6 Å². The largest absolute Gasteiger partial charge is 0.426 e. The molecule has 6 heteroatoms. The van der Waals surface area contributed by atoms with Gasteiger partial charge in [-0.1, -0.05) is 12.1 Å². The number of ether oxygens (including phenoxy) is 1. The van der Waals surface area contributed by atoms with Crippen molar-refractivity contribution in [1.29, 1.82) is 0 Å². The predicted octanol–water partition coefficient (Wildman–Crippen LogP) is 1.81. The molecule has 0 atom stereocenters. The SMILES string of the molecule is CNc1nc(C)nc(-c2ccccc2OC(C)=O)n1. The minimum Gasteiger partial charge on any atom is -0.426 e. The molecular weight excluding hydrogens is 244 g/mol. The van der Waals surface area contributed by atoms with Crippen LogP contribution >= 0.6 is 0 Å². The molecule has 0 fully saturated rings. The molecule has 98 valence electrons. The number of hydrogen-bond acceptors (Lipinski definition) is 6. The first-order chi connectivity index (χ1) is 9.10. The van der Waals surface area contributed by atoms with Gasteiger partial charge in [-0.15, -0.1) is 0 Å². The van der Waals surface area contributed by atoms with Gasteiger partial charge in [0.15, 0.2) is 5.82 Å². The molecule has 0 saturated carbocycles. The summed E-state index contributed by atoms with van der Waals surface area (Å²) in [6, 6.07) is 7.12. The Morgan fingerprint density at radius 1 is 1.21 bits per heavy atom. The van der Waals surface area contributed by atoms with Gasteiger partial charge in [0, 0.05) is 14.0 Å². The second kappa shape index (κ2) is 5.43. The number of para-hydroxylation sites is 1. The Morgan fingerprint density at radius 2 is 1.95 bits per heavy atom. The molecule has 0 aliphatic carbocycles. The lowest BCUT2D eigenvalue weighted by Crippen LogP contribution is -2.06. The average Bonchev–Trinajstić information content (AvgIpc) is 2.38. The third-order valence-corrected chi connectivity index (χ3v) is 2.35. The molecule has 19 heavy (non-hydrogen) atoms. The number of hydrogen-bond donors (Lipinski definition) is 1. The third-order valence-electron chi connectivity index (χ3n) is 2.35. The van der Waals surface area contributed by atoms with Crippen molar-refractivity contribution in [2.75, 3.05) is 12.4 Å². The van der Waals surface area contributed by atoms with Crippen molar-refractivity contribution in [3.8, 4) is 17.1 Å². The second-order valence-corrected chi connectivity index (χ2v) is 3.87. The van der Waals surface area contributed by atoms with Crippen molar-refractivity contribution < 1.29 is 9.53 Å². The zero-order chi connectivity index (χ0) is 13.8. The smallest absolute Gasteiger partial charge is 0.308 e. The molecule has 1 aromatic heterocycles. The van der Waals surface area contributed by atoms with E-state index in [4.69, 9.17) is 4.74 Å². The van der Waals surface area contributed by atoms with E-state index in [1.165, 1.54) is 6.92 Å². The number of benzene rings is 1. The number of aryl methyl sites for hydroxylation is 1.